The third-order valence-corrected chi connectivity index (χ3v) is 3.62. The molecule has 1 N–H and O–H groups in total. The summed E-state index contributed by atoms with van der Waals surface area (Å²) in [6.07, 6.45) is -0.233. The van der Waals surface area contributed by atoms with Crippen molar-refractivity contribution >= 4 is 18.3 Å². The number of nitrogens with zero attached hydrogens (tertiary/aromatic N) is 1. The van der Waals surface area contributed by atoms with Gasteiger partial charge in [0, 0.05) is 17.4 Å². The molecule has 158 valence electrons. The summed E-state index contributed by atoms with van der Waals surface area (Å²) in [4.78, 5) is 38.3. The average Bonchev–Trinajstić information content (AvgIpc) is 2.38. The summed E-state index contributed by atoms with van der Waals surface area (Å²) >= 11 is 0. The lowest BCUT2D eigenvalue weighted by Crippen LogP contribution is -2.67. The maximum absolute atomic E-state index is 13.0. The van der Waals surface area contributed by atoms with Crippen LogP contribution in [0.5, 0.6) is 0 Å². The first-order valence-corrected chi connectivity index (χ1v) is 9.09. The Hall–Kier alpha value is -1.63. The van der Waals surface area contributed by atoms with Gasteiger partial charge < -0.3 is 19.4 Å². The fourth-order valence-electron chi connectivity index (χ4n) is 2.24. The highest BCUT2D eigenvalue weighted by Gasteiger charge is 2.57. The van der Waals surface area contributed by atoms with E-state index in [9.17, 15) is 19.5 Å². The molecule has 0 aliphatic rings. The van der Waals surface area contributed by atoms with Crippen molar-refractivity contribution in [3.63, 3.8) is 0 Å². The van der Waals surface area contributed by atoms with Crippen molar-refractivity contribution in [2.45, 2.75) is 93.1 Å². The highest BCUT2D eigenvalue weighted by atomic mass is 16.6. The lowest BCUT2D eigenvalue weighted by Gasteiger charge is -2.47. The van der Waals surface area contributed by atoms with E-state index in [1.54, 1.807) is 76.2 Å². The van der Waals surface area contributed by atoms with Gasteiger partial charge in [0.2, 0.25) is 5.72 Å². The minimum atomic E-state index is -2.34. The number of carbonyl (C=O) groups excluding carboxylic acids is 3. The van der Waals surface area contributed by atoms with Crippen molar-refractivity contribution in [2.24, 2.45) is 10.8 Å². The molecule has 7 heteroatoms. The Balaban J connectivity index is 6.40. The Morgan fingerprint density at radius 2 is 1.26 bits per heavy atom. The van der Waals surface area contributed by atoms with Gasteiger partial charge >= 0.3 is 12.1 Å². The molecule has 0 bridgehead atoms. The van der Waals surface area contributed by atoms with E-state index in [2.05, 4.69) is 0 Å². The molecule has 0 aliphatic heterocycles. The van der Waals surface area contributed by atoms with Crippen LogP contribution >= 0.6 is 0 Å². The molecule has 0 aromatic heterocycles. The Kier molecular flexibility index (Phi) is 7.31. The monoisotopic (exact) mass is 387 g/mol. The van der Waals surface area contributed by atoms with E-state index in [1.165, 1.54) is 0 Å². The summed E-state index contributed by atoms with van der Waals surface area (Å²) in [5.41, 5.74) is -6.21. The third-order valence-electron chi connectivity index (χ3n) is 3.62. The molecule has 0 fully saturated rings. The van der Waals surface area contributed by atoms with Crippen LogP contribution in [0.25, 0.3) is 0 Å². The summed E-state index contributed by atoms with van der Waals surface area (Å²) in [6, 6.07) is 0. The third kappa shape index (κ3) is 7.13. The first-order chi connectivity index (χ1) is 11.7. The molecule has 0 spiro atoms. The van der Waals surface area contributed by atoms with Crippen LogP contribution in [0.1, 0.15) is 76.2 Å². The lowest BCUT2D eigenvalue weighted by molar-refractivity contribution is -0.222. The van der Waals surface area contributed by atoms with Crippen LogP contribution in [0.2, 0.25) is 0 Å². The second-order valence-electron chi connectivity index (χ2n) is 10.6. The largest absolute Gasteiger partial charge is 0.456 e. The maximum Gasteiger partial charge on any atom is 0.413 e. The first kappa shape index (κ1) is 25.4. The van der Waals surface area contributed by atoms with Crippen molar-refractivity contribution in [2.75, 3.05) is 6.54 Å². The zero-order chi connectivity index (χ0) is 22.1. The van der Waals surface area contributed by atoms with Crippen molar-refractivity contribution in [1.82, 2.24) is 4.90 Å². The predicted octanol–water partition coefficient (Wildman–Crippen LogP) is 3.53. The van der Waals surface area contributed by atoms with Crippen LogP contribution in [-0.2, 0) is 19.1 Å². The standard InChI is InChI=1S/C20H37NO6/c1-16(2,3)20(25,14(23)26-17(4,5)6)21(12-19(10,11)13-22)15(24)27-18(7,8)9/h13,25H,12H2,1-11H3. The molecule has 0 radical (unpaired) electrons. The van der Waals surface area contributed by atoms with Crippen LogP contribution in [0.3, 0.4) is 0 Å². The summed E-state index contributed by atoms with van der Waals surface area (Å²) in [5, 5.41) is 11.5. The molecular formula is C20H37NO6. The zero-order valence-electron chi connectivity index (χ0n) is 18.7. The minimum absolute atomic E-state index is 0.224. The Labute approximate surface area is 163 Å². The number of aliphatic hydroxyl groups is 1. The summed E-state index contributed by atoms with van der Waals surface area (Å²) < 4.78 is 10.8. The van der Waals surface area contributed by atoms with Gasteiger partial charge in [-0.2, -0.15) is 0 Å². The zero-order valence-corrected chi connectivity index (χ0v) is 18.7. The van der Waals surface area contributed by atoms with Crippen LogP contribution < -0.4 is 0 Å². The Morgan fingerprint density at radius 3 is 1.56 bits per heavy atom. The van der Waals surface area contributed by atoms with E-state index in [0.717, 1.165) is 4.90 Å². The fourth-order valence-corrected chi connectivity index (χ4v) is 2.24. The van der Waals surface area contributed by atoms with E-state index in [4.69, 9.17) is 9.47 Å². The Morgan fingerprint density at radius 1 is 0.852 bits per heavy atom. The predicted molar refractivity (Wildman–Crippen MR) is 103 cm³/mol. The molecule has 7 nitrogen and oxygen atoms in total. The number of hydrogen-bond acceptors (Lipinski definition) is 6. The summed E-state index contributed by atoms with van der Waals surface area (Å²) in [6.45, 7) is 17.9. The molecule has 0 aromatic carbocycles. The number of rotatable bonds is 5. The van der Waals surface area contributed by atoms with E-state index < -0.39 is 39.8 Å². The van der Waals surface area contributed by atoms with Crippen LogP contribution in [-0.4, -0.2) is 51.8 Å². The van der Waals surface area contributed by atoms with Gasteiger partial charge in [-0.25, -0.2) is 9.59 Å². The topological polar surface area (TPSA) is 93.1 Å². The normalized spacial score (nSPS) is 15.6. The quantitative estimate of drug-likeness (QED) is 0.441. The highest BCUT2D eigenvalue weighted by molar-refractivity contribution is 5.85. The summed E-state index contributed by atoms with van der Waals surface area (Å²) in [5.74, 6) is -0.977. The van der Waals surface area contributed by atoms with Gasteiger partial charge in [0.1, 0.15) is 17.5 Å². The fraction of sp³-hybridized carbons (Fsp3) is 0.850. The second kappa shape index (κ2) is 7.78. The minimum Gasteiger partial charge on any atom is -0.456 e. The van der Waals surface area contributed by atoms with E-state index >= 15 is 0 Å². The lowest BCUT2D eigenvalue weighted by atomic mass is 9.80. The number of hydrogen-bond donors (Lipinski definition) is 1. The molecule has 0 rings (SSSR count). The second-order valence-corrected chi connectivity index (χ2v) is 10.6. The molecule has 1 atom stereocenters. The maximum atomic E-state index is 13.0. The van der Waals surface area contributed by atoms with E-state index in [0.29, 0.717) is 6.29 Å². The van der Waals surface area contributed by atoms with Crippen LogP contribution in [0.4, 0.5) is 4.79 Å². The van der Waals surface area contributed by atoms with Crippen molar-refractivity contribution < 1.29 is 29.0 Å². The molecule has 0 saturated heterocycles. The molecule has 0 aliphatic carbocycles. The summed E-state index contributed by atoms with van der Waals surface area (Å²) in [7, 11) is 0. The van der Waals surface area contributed by atoms with Gasteiger partial charge in [-0.05, 0) is 41.5 Å². The van der Waals surface area contributed by atoms with E-state index in [1.807, 2.05) is 0 Å². The van der Waals surface area contributed by atoms with Gasteiger partial charge in [0.25, 0.3) is 0 Å². The number of carbonyl (C=O) groups is 3. The molecule has 0 heterocycles. The SMILES string of the molecule is CC(C)(C=O)CN(C(=O)OC(C)(C)C)C(O)(C(=O)OC(C)(C)C)C(C)(C)C. The molecule has 1 amide bonds. The van der Waals surface area contributed by atoms with Gasteiger partial charge in [-0.15, -0.1) is 0 Å². The molecule has 0 saturated carbocycles. The number of amides is 1. The Bertz CT molecular complexity index is 562. The number of ether oxygens (including phenoxy) is 2. The number of aldehydes is 1. The first-order valence-electron chi connectivity index (χ1n) is 9.09. The van der Waals surface area contributed by atoms with Crippen LogP contribution in [0.15, 0.2) is 0 Å². The van der Waals surface area contributed by atoms with Crippen molar-refractivity contribution in [1.29, 1.82) is 0 Å². The van der Waals surface area contributed by atoms with Gasteiger partial charge in [0.15, 0.2) is 0 Å². The molecule has 27 heavy (non-hydrogen) atoms. The molecule has 0 aromatic rings. The smallest absolute Gasteiger partial charge is 0.413 e. The van der Waals surface area contributed by atoms with Gasteiger partial charge in [-0.1, -0.05) is 34.6 Å². The van der Waals surface area contributed by atoms with Gasteiger partial charge in [-0.3, -0.25) is 4.90 Å². The van der Waals surface area contributed by atoms with Gasteiger partial charge in [0.05, 0.1) is 0 Å². The van der Waals surface area contributed by atoms with Crippen LogP contribution in [0, 0.1) is 10.8 Å². The van der Waals surface area contributed by atoms with Crippen molar-refractivity contribution in [3.05, 3.63) is 0 Å². The average molecular weight is 388 g/mol. The molecular weight excluding hydrogens is 350 g/mol. The van der Waals surface area contributed by atoms with Crippen molar-refractivity contribution in [3.8, 4) is 0 Å². The van der Waals surface area contributed by atoms with E-state index in [-0.39, 0.29) is 6.54 Å². The molecule has 1 unspecified atom stereocenters. The number of esters is 1. The highest BCUT2D eigenvalue weighted by Crippen LogP contribution is 2.38.